The molecule has 0 aliphatic rings. The van der Waals surface area contributed by atoms with Crippen LogP contribution in [0.4, 0.5) is 11.5 Å². The Labute approximate surface area is 136 Å². The number of halogens is 3. The van der Waals surface area contributed by atoms with Crippen LogP contribution < -0.4 is 5.32 Å². The first-order valence-electron chi connectivity index (χ1n) is 5.32. The Kier molecular flexibility index (Phi) is 4.71. The Morgan fingerprint density at radius 1 is 1.33 bits per heavy atom. The lowest BCUT2D eigenvalue weighted by Gasteiger charge is -2.08. The topological polar surface area (TPSA) is 98.0 Å². The molecule has 1 N–H and O–H groups in total. The fraction of sp³-hybridized carbons (Fsp3) is 0. The molecule has 1 aromatic carbocycles. The van der Waals surface area contributed by atoms with Gasteiger partial charge < -0.3 is 5.32 Å². The molecule has 108 valence electrons. The van der Waals surface area contributed by atoms with Crippen molar-refractivity contribution in [1.82, 2.24) is 9.97 Å². The molecular weight excluding hydrogens is 387 g/mol. The van der Waals surface area contributed by atoms with Crippen molar-refractivity contribution in [3.05, 3.63) is 54.9 Å². The van der Waals surface area contributed by atoms with Crippen LogP contribution in [-0.2, 0) is 0 Å². The maximum absolute atomic E-state index is 12.1. The van der Waals surface area contributed by atoms with E-state index in [1.807, 2.05) is 0 Å². The summed E-state index contributed by atoms with van der Waals surface area (Å²) in [7, 11) is 0. The second-order valence-corrected chi connectivity index (χ2v) is 5.21. The minimum atomic E-state index is -0.623. The molecule has 21 heavy (non-hydrogen) atoms. The average molecular weight is 392 g/mol. The van der Waals surface area contributed by atoms with Gasteiger partial charge in [-0.3, -0.25) is 14.9 Å². The third-order valence-corrected chi connectivity index (χ3v) is 3.97. The second-order valence-electron chi connectivity index (χ2n) is 3.68. The SMILES string of the molecule is O=C(Nc1ncnc(Cl)c1Cl)c1cccc([N+](=O)[O-])c1Br. The van der Waals surface area contributed by atoms with E-state index >= 15 is 0 Å². The summed E-state index contributed by atoms with van der Waals surface area (Å²) in [5.41, 5.74) is -0.163. The highest BCUT2D eigenvalue weighted by atomic mass is 79.9. The van der Waals surface area contributed by atoms with E-state index in [9.17, 15) is 14.9 Å². The van der Waals surface area contributed by atoms with E-state index in [-0.39, 0.29) is 31.7 Å². The van der Waals surface area contributed by atoms with Crippen LogP contribution in [0.3, 0.4) is 0 Å². The highest BCUT2D eigenvalue weighted by Crippen LogP contribution is 2.30. The number of carbonyl (C=O) groups is 1. The van der Waals surface area contributed by atoms with Crippen LogP contribution in [0.25, 0.3) is 0 Å². The summed E-state index contributed by atoms with van der Waals surface area (Å²) in [4.78, 5) is 29.8. The molecule has 0 saturated heterocycles. The van der Waals surface area contributed by atoms with Gasteiger partial charge in [-0.15, -0.1) is 0 Å². The summed E-state index contributed by atoms with van der Waals surface area (Å²) in [5, 5.41) is 13.2. The van der Waals surface area contributed by atoms with Gasteiger partial charge in [0.1, 0.15) is 15.8 Å². The summed E-state index contributed by atoms with van der Waals surface area (Å²) in [6.07, 6.45) is 1.13. The Balaban J connectivity index is 2.35. The maximum Gasteiger partial charge on any atom is 0.284 e. The minimum absolute atomic E-state index is 0.0138. The normalized spacial score (nSPS) is 10.2. The number of nitro groups is 1. The summed E-state index contributed by atoms with van der Waals surface area (Å²) in [6, 6.07) is 4.09. The third-order valence-electron chi connectivity index (χ3n) is 2.40. The number of rotatable bonds is 3. The van der Waals surface area contributed by atoms with Crippen molar-refractivity contribution in [3.8, 4) is 0 Å². The second kappa shape index (κ2) is 6.33. The highest BCUT2D eigenvalue weighted by Gasteiger charge is 2.20. The first-order valence-corrected chi connectivity index (χ1v) is 6.87. The predicted molar refractivity (Wildman–Crippen MR) is 80.8 cm³/mol. The van der Waals surface area contributed by atoms with Crippen molar-refractivity contribution in [1.29, 1.82) is 0 Å². The Morgan fingerprint density at radius 2 is 2.05 bits per heavy atom. The third kappa shape index (κ3) is 3.29. The van der Waals surface area contributed by atoms with Crippen LogP contribution in [0.15, 0.2) is 29.0 Å². The summed E-state index contributed by atoms with van der Waals surface area (Å²) in [6.45, 7) is 0. The number of nitro benzene ring substituents is 1. The van der Waals surface area contributed by atoms with Gasteiger partial charge in [-0.2, -0.15) is 0 Å². The molecule has 0 atom stereocenters. The summed E-state index contributed by atoms with van der Waals surface area (Å²) < 4.78 is 0.0591. The first-order chi connectivity index (χ1) is 9.91. The van der Waals surface area contributed by atoms with Crippen molar-refractivity contribution in [2.24, 2.45) is 0 Å². The molecule has 2 rings (SSSR count). The molecular formula is C11H5BrCl2N4O3. The molecule has 1 amide bonds. The zero-order valence-corrected chi connectivity index (χ0v) is 13.1. The molecule has 0 aliphatic heterocycles. The zero-order valence-electron chi connectivity index (χ0n) is 10.0. The lowest BCUT2D eigenvalue weighted by molar-refractivity contribution is -0.385. The minimum Gasteiger partial charge on any atom is -0.305 e. The number of nitrogens with one attached hydrogen (secondary N) is 1. The van der Waals surface area contributed by atoms with E-state index in [1.165, 1.54) is 18.2 Å². The number of aromatic nitrogens is 2. The number of benzene rings is 1. The standard InChI is InChI=1S/C11H5BrCl2N4O3/c12-7-5(2-1-3-6(7)18(20)21)11(19)17-10-8(13)9(14)15-4-16-10/h1-4H,(H,15,16,17,19). The van der Waals surface area contributed by atoms with Crippen LogP contribution in [0.5, 0.6) is 0 Å². The van der Waals surface area contributed by atoms with E-state index < -0.39 is 10.8 Å². The molecule has 0 saturated carbocycles. The first kappa shape index (κ1) is 15.6. The van der Waals surface area contributed by atoms with Crippen molar-refractivity contribution in [2.45, 2.75) is 0 Å². The molecule has 1 aromatic heterocycles. The number of hydrogen-bond acceptors (Lipinski definition) is 5. The average Bonchev–Trinajstić information content (AvgIpc) is 2.43. The molecule has 0 aliphatic carbocycles. The molecule has 2 aromatic rings. The van der Waals surface area contributed by atoms with Crippen LogP contribution in [0.1, 0.15) is 10.4 Å². The van der Waals surface area contributed by atoms with Crippen molar-refractivity contribution in [2.75, 3.05) is 5.32 Å². The van der Waals surface area contributed by atoms with Gasteiger partial charge >= 0.3 is 0 Å². The summed E-state index contributed by atoms with van der Waals surface area (Å²) >= 11 is 14.6. The van der Waals surface area contributed by atoms with E-state index in [2.05, 4.69) is 31.2 Å². The monoisotopic (exact) mass is 390 g/mol. The van der Waals surface area contributed by atoms with Crippen LogP contribution in [-0.4, -0.2) is 20.8 Å². The Bertz CT molecular complexity index is 741. The van der Waals surface area contributed by atoms with Gasteiger partial charge in [-0.25, -0.2) is 9.97 Å². The number of hydrogen-bond donors (Lipinski definition) is 1. The largest absolute Gasteiger partial charge is 0.305 e. The molecule has 10 heteroatoms. The molecule has 0 unspecified atom stereocenters. The fourth-order valence-electron chi connectivity index (χ4n) is 1.45. The number of nitrogens with zero attached hydrogens (tertiary/aromatic N) is 3. The predicted octanol–water partition coefficient (Wildman–Crippen LogP) is 3.71. The van der Waals surface area contributed by atoms with Gasteiger partial charge in [0.2, 0.25) is 0 Å². The lowest BCUT2D eigenvalue weighted by atomic mass is 10.2. The Morgan fingerprint density at radius 3 is 2.71 bits per heavy atom. The molecule has 0 bridgehead atoms. The van der Waals surface area contributed by atoms with Gasteiger partial charge in [0.05, 0.1) is 10.5 Å². The quantitative estimate of drug-likeness (QED) is 0.488. The Hall–Kier alpha value is -1.77. The van der Waals surface area contributed by atoms with E-state index in [0.717, 1.165) is 6.33 Å². The van der Waals surface area contributed by atoms with Gasteiger partial charge in [0, 0.05) is 6.07 Å². The van der Waals surface area contributed by atoms with E-state index in [0.29, 0.717) is 0 Å². The maximum atomic E-state index is 12.1. The van der Waals surface area contributed by atoms with Crippen molar-refractivity contribution in [3.63, 3.8) is 0 Å². The van der Waals surface area contributed by atoms with Gasteiger partial charge in [0.25, 0.3) is 11.6 Å². The van der Waals surface area contributed by atoms with Crippen LogP contribution >= 0.6 is 39.1 Å². The summed E-state index contributed by atoms with van der Waals surface area (Å²) in [5.74, 6) is -0.609. The van der Waals surface area contributed by atoms with E-state index in [1.54, 1.807) is 0 Å². The fourth-order valence-corrected chi connectivity index (χ4v) is 2.31. The van der Waals surface area contributed by atoms with Gasteiger partial charge in [-0.1, -0.05) is 29.3 Å². The lowest BCUT2D eigenvalue weighted by Crippen LogP contribution is -2.14. The number of anilines is 1. The van der Waals surface area contributed by atoms with Gasteiger partial charge in [0.15, 0.2) is 11.0 Å². The molecule has 7 nitrogen and oxygen atoms in total. The van der Waals surface area contributed by atoms with Gasteiger partial charge in [-0.05, 0) is 22.0 Å². The smallest absolute Gasteiger partial charge is 0.284 e. The zero-order chi connectivity index (χ0) is 15.6. The molecule has 1 heterocycles. The molecule has 0 spiro atoms. The van der Waals surface area contributed by atoms with Crippen LogP contribution in [0, 0.1) is 10.1 Å². The molecule has 0 radical (unpaired) electrons. The highest BCUT2D eigenvalue weighted by molar-refractivity contribution is 9.10. The molecule has 0 fully saturated rings. The van der Waals surface area contributed by atoms with Crippen LogP contribution in [0.2, 0.25) is 10.2 Å². The number of carbonyl (C=O) groups excluding carboxylic acids is 1. The van der Waals surface area contributed by atoms with Crippen molar-refractivity contribution >= 4 is 56.5 Å². The van der Waals surface area contributed by atoms with E-state index in [4.69, 9.17) is 23.2 Å². The van der Waals surface area contributed by atoms with Crippen molar-refractivity contribution < 1.29 is 9.72 Å². The number of amides is 1.